The molecule has 0 saturated carbocycles. The number of hydrogen-bond acceptors (Lipinski definition) is 5. The van der Waals surface area contributed by atoms with Gasteiger partial charge in [-0.15, -0.1) is 16.4 Å². The van der Waals surface area contributed by atoms with Crippen LogP contribution in [-0.2, 0) is 12.8 Å². The highest BCUT2D eigenvalue weighted by atomic mass is 32.1. The lowest BCUT2D eigenvalue weighted by Crippen LogP contribution is -2.26. The monoisotopic (exact) mass is 394 g/mol. The van der Waals surface area contributed by atoms with Gasteiger partial charge in [0.25, 0.3) is 0 Å². The molecule has 5 rings (SSSR count). The summed E-state index contributed by atoms with van der Waals surface area (Å²) in [5.41, 5.74) is 3.72. The first kappa shape index (κ1) is 17.8. The maximum atomic E-state index is 4.93. The topological polar surface area (TPSA) is 60.9 Å². The Labute approximate surface area is 168 Å². The Kier molecular flexibility index (Phi) is 3.88. The molecule has 28 heavy (non-hydrogen) atoms. The molecule has 0 aliphatic heterocycles. The van der Waals surface area contributed by atoms with Crippen LogP contribution in [0.15, 0.2) is 18.6 Å². The highest BCUT2D eigenvalue weighted by Crippen LogP contribution is 2.43. The first-order valence-electron chi connectivity index (χ1n) is 9.98. The van der Waals surface area contributed by atoms with Crippen molar-refractivity contribution in [3.63, 3.8) is 0 Å². The van der Waals surface area contributed by atoms with Crippen LogP contribution < -0.4 is 0 Å². The summed E-state index contributed by atoms with van der Waals surface area (Å²) < 4.78 is 3.76. The summed E-state index contributed by atoms with van der Waals surface area (Å²) in [6, 6.07) is 2.00. The van der Waals surface area contributed by atoms with Crippen LogP contribution in [-0.4, -0.2) is 29.4 Å². The van der Waals surface area contributed by atoms with E-state index in [2.05, 4.69) is 32.8 Å². The van der Waals surface area contributed by atoms with Crippen LogP contribution in [0.1, 0.15) is 62.1 Å². The molecule has 4 aromatic heterocycles. The fourth-order valence-electron chi connectivity index (χ4n) is 4.27. The predicted molar refractivity (Wildman–Crippen MR) is 112 cm³/mol. The van der Waals surface area contributed by atoms with Crippen molar-refractivity contribution < 1.29 is 0 Å². The Bertz CT molecular complexity index is 1180. The van der Waals surface area contributed by atoms with Crippen molar-refractivity contribution >= 4 is 27.2 Å². The molecule has 0 bridgehead atoms. The van der Waals surface area contributed by atoms with Gasteiger partial charge in [0.1, 0.15) is 17.2 Å². The maximum absolute atomic E-state index is 4.93. The maximum Gasteiger partial charge on any atom is 0.176 e. The Hall–Kier alpha value is -2.28. The third-order valence-electron chi connectivity index (χ3n) is 6.14. The van der Waals surface area contributed by atoms with Crippen LogP contribution in [0.3, 0.4) is 0 Å². The van der Waals surface area contributed by atoms with Crippen LogP contribution in [0.4, 0.5) is 0 Å². The van der Waals surface area contributed by atoms with Crippen molar-refractivity contribution in [3.8, 4) is 0 Å². The van der Waals surface area contributed by atoms with E-state index in [0.717, 1.165) is 40.8 Å². The van der Waals surface area contributed by atoms with E-state index < -0.39 is 0 Å². The van der Waals surface area contributed by atoms with Gasteiger partial charge in [0.15, 0.2) is 11.5 Å². The molecule has 0 amide bonds. The molecule has 0 spiro atoms. The van der Waals surface area contributed by atoms with E-state index >= 15 is 0 Å². The summed E-state index contributed by atoms with van der Waals surface area (Å²) >= 11 is 1.84. The van der Waals surface area contributed by atoms with Crippen LogP contribution in [0.2, 0.25) is 0 Å². The summed E-state index contributed by atoms with van der Waals surface area (Å²) in [5, 5.41) is 10.4. The number of fused-ring (bicyclic) bond motifs is 5. The molecule has 7 heteroatoms. The van der Waals surface area contributed by atoms with Crippen molar-refractivity contribution in [1.82, 2.24) is 29.4 Å². The third kappa shape index (κ3) is 2.75. The first-order chi connectivity index (χ1) is 13.3. The average molecular weight is 395 g/mol. The minimum atomic E-state index is -0.0108. The van der Waals surface area contributed by atoms with Gasteiger partial charge in [0, 0.05) is 11.1 Å². The molecule has 0 N–H and O–H groups in total. The summed E-state index contributed by atoms with van der Waals surface area (Å²) in [7, 11) is 0. The number of hydrogen-bond donors (Lipinski definition) is 0. The van der Waals surface area contributed by atoms with E-state index in [1.54, 1.807) is 6.33 Å². The second kappa shape index (κ2) is 6.11. The Balaban J connectivity index is 1.61. The molecule has 0 aromatic carbocycles. The quantitative estimate of drug-likeness (QED) is 0.498. The SMILES string of the molecule is Cc1ccn(C(C)c2nc3c4c5c(sc4ncn3n2)CC(C(C)(C)C)CC5)n1. The van der Waals surface area contributed by atoms with E-state index in [9.17, 15) is 0 Å². The van der Waals surface area contributed by atoms with Crippen molar-refractivity contribution in [1.29, 1.82) is 0 Å². The third-order valence-corrected chi connectivity index (χ3v) is 7.30. The zero-order valence-corrected chi connectivity index (χ0v) is 17.9. The molecule has 4 aromatic rings. The largest absolute Gasteiger partial charge is 0.262 e. The molecular weight excluding hydrogens is 368 g/mol. The van der Waals surface area contributed by atoms with Crippen molar-refractivity contribution in [3.05, 3.63) is 40.5 Å². The Morgan fingerprint density at radius 1 is 1.25 bits per heavy atom. The summed E-state index contributed by atoms with van der Waals surface area (Å²) in [6.07, 6.45) is 7.27. The van der Waals surface area contributed by atoms with Crippen LogP contribution in [0.25, 0.3) is 15.9 Å². The molecule has 0 saturated heterocycles. The number of aryl methyl sites for hydroxylation is 2. The Morgan fingerprint density at radius 2 is 2.07 bits per heavy atom. The number of aromatic nitrogens is 6. The molecule has 2 unspecified atom stereocenters. The van der Waals surface area contributed by atoms with E-state index in [1.807, 2.05) is 39.7 Å². The standard InChI is InChI=1S/C21H26N6S/c1-12-8-9-26(24-12)13(2)18-23-19-17-15-7-6-14(21(3,4)5)10-16(15)28-20(17)22-11-27(19)25-18/h8-9,11,13-14H,6-7,10H2,1-5H3. The van der Waals surface area contributed by atoms with E-state index in [1.165, 1.54) is 22.2 Å². The molecule has 2 atom stereocenters. The molecule has 1 aliphatic carbocycles. The number of nitrogens with zero attached hydrogens (tertiary/aromatic N) is 6. The minimum Gasteiger partial charge on any atom is -0.262 e. The average Bonchev–Trinajstić information content (AvgIpc) is 3.34. The molecule has 0 radical (unpaired) electrons. The minimum absolute atomic E-state index is 0.0108. The van der Waals surface area contributed by atoms with Gasteiger partial charge in [0.05, 0.1) is 11.1 Å². The zero-order chi connectivity index (χ0) is 19.6. The van der Waals surface area contributed by atoms with Gasteiger partial charge in [-0.2, -0.15) is 5.10 Å². The predicted octanol–water partition coefficient (Wildman–Crippen LogP) is 4.60. The zero-order valence-electron chi connectivity index (χ0n) is 17.1. The normalized spacial score (nSPS) is 18.7. The highest BCUT2D eigenvalue weighted by Gasteiger charge is 2.32. The smallest absolute Gasteiger partial charge is 0.176 e. The van der Waals surface area contributed by atoms with Crippen LogP contribution in [0, 0.1) is 18.3 Å². The van der Waals surface area contributed by atoms with Gasteiger partial charge < -0.3 is 0 Å². The second-order valence-corrected chi connectivity index (χ2v) is 10.2. The van der Waals surface area contributed by atoms with E-state index in [-0.39, 0.29) is 6.04 Å². The molecule has 4 heterocycles. The summed E-state index contributed by atoms with van der Waals surface area (Å²) in [4.78, 5) is 12.2. The number of rotatable bonds is 2. The molecule has 6 nitrogen and oxygen atoms in total. The molecule has 0 fully saturated rings. The van der Waals surface area contributed by atoms with Crippen LogP contribution in [0.5, 0.6) is 0 Å². The molecule has 146 valence electrons. The van der Waals surface area contributed by atoms with Gasteiger partial charge in [-0.1, -0.05) is 20.8 Å². The number of thiophene rings is 1. The fourth-order valence-corrected chi connectivity index (χ4v) is 5.54. The van der Waals surface area contributed by atoms with E-state index in [4.69, 9.17) is 15.1 Å². The lowest BCUT2D eigenvalue weighted by atomic mass is 9.72. The summed E-state index contributed by atoms with van der Waals surface area (Å²) in [6.45, 7) is 11.2. The van der Waals surface area contributed by atoms with Gasteiger partial charge in [-0.05, 0) is 56.1 Å². The van der Waals surface area contributed by atoms with E-state index in [0.29, 0.717) is 5.41 Å². The first-order valence-corrected chi connectivity index (χ1v) is 10.8. The van der Waals surface area contributed by atoms with Gasteiger partial charge in [-0.25, -0.2) is 14.5 Å². The Morgan fingerprint density at radius 3 is 2.79 bits per heavy atom. The second-order valence-electron chi connectivity index (χ2n) is 9.09. The molecule has 1 aliphatic rings. The van der Waals surface area contributed by atoms with Crippen LogP contribution >= 0.6 is 11.3 Å². The highest BCUT2D eigenvalue weighted by molar-refractivity contribution is 7.19. The van der Waals surface area contributed by atoms with Gasteiger partial charge in [-0.3, -0.25) is 4.68 Å². The summed E-state index contributed by atoms with van der Waals surface area (Å²) in [5.74, 6) is 1.50. The lowest BCUT2D eigenvalue weighted by molar-refractivity contribution is 0.218. The van der Waals surface area contributed by atoms with Crippen molar-refractivity contribution in [2.24, 2.45) is 11.3 Å². The fraction of sp³-hybridized carbons (Fsp3) is 0.524. The molecular formula is C21H26N6S. The van der Waals surface area contributed by atoms with Crippen molar-refractivity contribution in [2.75, 3.05) is 0 Å². The van der Waals surface area contributed by atoms with Gasteiger partial charge >= 0.3 is 0 Å². The van der Waals surface area contributed by atoms with Gasteiger partial charge in [0.2, 0.25) is 0 Å². The van der Waals surface area contributed by atoms with Crippen molar-refractivity contribution in [2.45, 2.75) is 59.9 Å². The lowest BCUT2D eigenvalue weighted by Gasteiger charge is -2.33.